The number of nitrogens with zero attached hydrogens (tertiary/aromatic N) is 1. The van der Waals surface area contributed by atoms with Crippen molar-refractivity contribution in [2.75, 3.05) is 6.54 Å². The third-order valence-corrected chi connectivity index (χ3v) is 2.25. The summed E-state index contributed by atoms with van der Waals surface area (Å²) in [5, 5.41) is 13.8. The van der Waals surface area contributed by atoms with Gasteiger partial charge in [-0.05, 0) is 12.8 Å². The molecule has 1 fully saturated rings. The average molecular weight is 195 g/mol. The third-order valence-electron chi connectivity index (χ3n) is 2.25. The number of amides is 2. The topological polar surface area (TPSA) is 82.0 Å². The second-order valence-electron chi connectivity index (χ2n) is 3.23. The molecule has 0 aromatic heterocycles. The Hall–Kier alpha value is -1.57. The molecule has 0 aromatic rings. The standard InChI is InChI=1S/C9H13N3O2/c1-2-6(5-10)8(13)12-7-3-4-11-9(7)14/h6-7H,2-4H2,1H3,(H,11,14)(H,12,13)/t6?,7-/m0/s1. The first-order valence-corrected chi connectivity index (χ1v) is 4.66. The van der Waals surface area contributed by atoms with Crippen LogP contribution in [0.5, 0.6) is 0 Å². The van der Waals surface area contributed by atoms with Crippen LogP contribution >= 0.6 is 0 Å². The molecule has 0 saturated carbocycles. The lowest BCUT2D eigenvalue weighted by Gasteiger charge is -2.11. The number of rotatable bonds is 3. The molecule has 1 rings (SSSR count). The number of nitriles is 1. The van der Waals surface area contributed by atoms with Crippen molar-refractivity contribution in [3.05, 3.63) is 0 Å². The highest BCUT2D eigenvalue weighted by Gasteiger charge is 2.27. The van der Waals surface area contributed by atoms with Crippen molar-refractivity contribution in [3.8, 4) is 6.07 Å². The van der Waals surface area contributed by atoms with E-state index >= 15 is 0 Å². The van der Waals surface area contributed by atoms with Crippen LogP contribution in [-0.2, 0) is 9.59 Å². The minimum absolute atomic E-state index is 0.161. The lowest BCUT2D eigenvalue weighted by molar-refractivity contribution is -0.128. The van der Waals surface area contributed by atoms with Gasteiger partial charge in [0.25, 0.3) is 0 Å². The van der Waals surface area contributed by atoms with Crippen molar-refractivity contribution in [2.24, 2.45) is 5.92 Å². The van der Waals surface area contributed by atoms with Gasteiger partial charge in [-0.15, -0.1) is 0 Å². The van der Waals surface area contributed by atoms with Crippen LogP contribution in [0, 0.1) is 17.2 Å². The minimum Gasteiger partial charge on any atom is -0.354 e. The molecule has 0 spiro atoms. The normalized spacial score (nSPS) is 22.3. The third kappa shape index (κ3) is 2.22. The molecule has 2 N–H and O–H groups in total. The fourth-order valence-electron chi connectivity index (χ4n) is 1.34. The minimum atomic E-state index is -0.650. The summed E-state index contributed by atoms with van der Waals surface area (Å²) >= 11 is 0. The van der Waals surface area contributed by atoms with Crippen LogP contribution in [0.4, 0.5) is 0 Å². The molecular formula is C9H13N3O2. The molecule has 1 aliphatic rings. The molecule has 5 nitrogen and oxygen atoms in total. The molecule has 1 saturated heterocycles. The van der Waals surface area contributed by atoms with Crippen LogP contribution in [0.3, 0.4) is 0 Å². The van der Waals surface area contributed by atoms with Crippen molar-refractivity contribution < 1.29 is 9.59 Å². The summed E-state index contributed by atoms with van der Waals surface area (Å²) in [7, 11) is 0. The van der Waals surface area contributed by atoms with Crippen LogP contribution < -0.4 is 10.6 Å². The summed E-state index contributed by atoms with van der Waals surface area (Å²) in [5.41, 5.74) is 0. The summed E-state index contributed by atoms with van der Waals surface area (Å²) in [6.07, 6.45) is 1.07. The highest BCUT2D eigenvalue weighted by molar-refractivity contribution is 5.90. The number of carbonyl (C=O) groups is 2. The predicted molar refractivity (Wildman–Crippen MR) is 49.0 cm³/mol. The van der Waals surface area contributed by atoms with Gasteiger partial charge in [0.1, 0.15) is 12.0 Å². The van der Waals surface area contributed by atoms with Gasteiger partial charge < -0.3 is 10.6 Å². The van der Waals surface area contributed by atoms with Crippen LogP contribution in [0.2, 0.25) is 0 Å². The highest BCUT2D eigenvalue weighted by atomic mass is 16.2. The Morgan fingerprint density at radius 3 is 3.00 bits per heavy atom. The highest BCUT2D eigenvalue weighted by Crippen LogP contribution is 2.04. The van der Waals surface area contributed by atoms with E-state index in [4.69, 9.17) is 5.26 Å². The second kappa shape index (κ2) is 4.61. The summed E-state index contributed by atoms with van der Waals surface area (Å²) < 4.78 is 0. The first-order chi connectivity index (χ1) is 6.69. The molecule has 14 heavy (non-hydrogen) atoms. The largest absolute Gasteiger partial charge is 0.354 e. The zero-order chi connectivity index (χ0) is 10.6. The molecule has 0 radical (unpaired) electrons. The number of carbonyl (C=O) groups excluding carboxylic acids is 2. The van der Waals surface area contributed by atoms with E-state index in [9.17, 15) is 9.59 Å². The van der Waals surface area contributed by atoms with E-state index in [-0.39, 0.29) is 11.8 Å². The van der Waals surface area contributed by atoms with E-state index in [0.717, 1.165) is 0 Å². The van der Waals surface area contributed by atoms with Crippen LogP contribution in [0.15, 0.2) is 0 Å². The molecular weight excluding hydrogens is 182 g/mol. The van der Waals surface area contributed by atoms with Crippen molar-refractivity contribution in [3.63, 3.8) is 0 Å². The fourth-order valence-corrected chi connectivity index (χ4v) is 1.34. The Morgan fingerprint density at radius 2 is 2.57 bits per heavy atom. The first kappa shape index (κ1) is 10.5. The smallest absolute Gasteiger partial charge is 0.242 e. The van der Waals surface area contributed by atoms with Crippen LogP contribution in [0.25, 0.3) is 0 Å². The van der Waals surface area contributed by atoms with Gasteiger partial charge in [-0.3, -0.25) is 9.59 Å². The average Bonchev–Trinajstić information content (AvgIpc) is 2.54. The van der Waals surface area contributed by atoms with Gasteiger partial charge in [-0.2, -0.15) is 5.26 Å². The maximum Gasteiger partial charge on any atom is 0.242 e. The van der Waals surface area contributed by atoms with Crippen LogP contribution in [0.1, 0.15) is 19.8 Å². The molecule has 5 heteroatoms. The van der Waals surface area contributed by atoms with E-state index in [0.29, 0.717) is 19.4 Å². The Balaban J connectivity index is 2.48. The maximum atomic E-state index is 11.4. The Kier molecular flexibility index (Phi) is 3.46. The number of hydrogen-bond donors (Lipinski definition) is 2. The number of hydrogen-bond acceptors (Lipinski definition) is 3. The lowest BCUT2D eigenvalue weighted by atomic mass is 10.1. The summed E-state index contributed by atoms with van der Waals surface area (Å²) in [6.45, 7) is 2.36. The first-order valence-electron chi connectivity index (χ1n) is 4.66. The molecule has 0 aromatic carbocycles. The predicted octanol–water partition coefficient (Wildman–Crippen LogP) is -0.459. The molecule has 1 aliphatic heterocycles. The summed E-state index contributed by atoms with van der Waals surface area (Å²) in [4.78, 5) is 22.5. The van der Waals surface area contributed by atoms with Crippen molar-refractivity contribution in [2.45, 2.75) is 25.8 Å². The quantitative estimate of drug-likeness (QED) is 0.639. The zero-order valence-electron chi connectivity index (χ0n) is 8.04. The van der Waals surface area contributed by atoms with E-state index in [1.807, 2.05) is 6.07 Å². The molecule has 0 aliphatic carbocycles. The zero-order valence-corrected chi connectivity index (χ0v) is 8.04. The van der Waals surface area contributed by atoms with E-state index in [2.05, 4.69) is 10.6 Å². The van der Waals surface area contributed by atoms with E-state index < -0.39 is 12.0 Å². The number of nitrogens with one attached hydrogen (secondary N) is 2. The van der Waals surface area contributed by atoms with Gasteiger partial charge in [0.2, 0.25) is 11.8 Å². The molecule has 1 heterocycles. The maximum absolute atomic E-state index is 11.4. The fraction of sp³-hybridized carbons (Fsp3) is 0.667. The van der Waals surface area contributed by atoms with Gasteiger partial charge in [-0.25, -0.2) is 0 Å². The molecule has 2 atom stereocenters. The van der Waals surface area contributed by atoms with Crippen molar-refractivity contribution in [1.82, 2.24) is 10.6 Å². The van der Waals surface area contributed by atoms with Gasteiger partial charge in [0, 0.05) is 6.54 Å². The van der Waals surface area contributed by atoms with Gasteiger partial charge in [0.05, 0.1) is 6.07 Å². The van der Waals surface area contributed by atoms with Crippen molar-refractivity contribution in [1.29, 1.82) is 5.26 Å². The molecule has 1 unspecified atom stereocenters. The van der Waals surface area contributed by atoms with Gasteiger partial charge in [0.15, 0.2) is 0 Å². The van der Waals surface area contributed by atoms with E-state index in [1.165, 1.54) is 0 Å². The Morgan fingerprint density at radius 1 is 1.86 bits per heavy atom. The summed E-state index contributed by atoms with van der Waals surface area (Å²) in [5.74, 6) is -1.16. The SMILES string of the molecule is CCC(C#N)C(=O)N[C@H]1CCNC1=O. The monoisotopic (exact) mass is 195 g/mol. The van der Waals surface area contributed by atoms with E-state index in [1.54, 1.807) is 6.92 Å². The van der Waals surface area contributed by atoms with Gasteiger partial charge in [-0.1, -0.05) is 6.92 Å². The molecule has 2 amide bonds. The molecule has 0 bridgehead atoms. The second-order valence-corrected chi connectivity index (χ2v) is 3.23. The van der Waals surface area contributed by atoms with Crippen molar-refractivity contribution >= 4 is 11.8 Å². The van der Waals surface area contributed by atoms with Crippen LogP contribution in [-0.4, -0.2) is 24.4 Å². The molecule has 76 valence electrons. The Bertz CT molecular complexity index is 282. The summed E-state index contributed by atoms with van der Waals surface area (Å²) in [6, 6.07) is 1.44. The van der Waals surface area contributed by atoms with Gasteiger partial charge >= 0.3 is 0 Å². The Labute approximate surface area is 82.5 Å². The lowest BCUT2D eigenvalue weighted by Crippen LogP contribution is -2.42.